The topological polar surface area (TPSA) is 23.4 Å². The molecule has 3 aromatic carbocycles. The van der Waals surface area contributed by atoms with E-state index in [1.165, 1.54) is 21.9 Å². The minimum Gasteiger partial charge on any atom is -0.491 e. The molecule has 1 aromatic heterocycles. The fraction of sp³-hybridized carbons (Fsp3) is 0.231. The van der Waals surface area contributed by atoms with E-state index in [2.05, 4.69) is 93.8 Å². The molecule has 146 valence electrons. The lowest BCUT2D eigenvalue weighted by atomic mass is 10.0. The molecule has 29 heavy (non-hydrogen) atoms. The van der Waals surface area contributed by atoms with Gasteiger partial charge in [-0.25, -0.2) is 0 Å². The summed E-state index contributed by atoms with van der Waals surface area (Å²) < 4.78 is 14.8. The first-order valence-corrected chi connectivity index (χ1v) is 10.1. The summed E-state index contributed by atoms with van der Waals surface area (Å²) in [5, 5.41) is 2.40. The second kappa shape index (κ2) is 6.41. The highest BCUT2D eigenvalue weighted by molar-refractivity contribution is 6.12. The predicted octanol–water partition coefficient (Wildman–Crippen LogP) is 7.49. The number of aromatic nitrogens is 1. The summed E-state index contributed by atoms with van der Waals surface area (Å²) in [6.07, 6.45) is 0.135. The van der Waals surface area contributed by atoms with Gasteiger partial charge < -0.3 is 14.0 Å². The van der Waals surface area contributed by atoms with Gasteiger partial charge in [-0.15, -0.1) is 0 Å². The monoisotopic (exact) mass is 383 g/mol. The van der Waals surface area contributed by atoms with Gasteiger partial charge in [0.25, 0.3) is 0 Å². The third kappa shape index (κ3) is 2.65. The summed E-state index contributed by atoms with van der Waals surface area (Å²) in [6, 6.07) is 19.1. The number of hydrogen-bond donors (Lipinski definition) is 0. The molecule has 1 aliphatic heterocycles. The second-order valence-corrected chi connectivity index (χ2v) is 8.21. The van der Waals surface area contributed by atoms with Crippen LogP contribution in [-0.4, -0.2) is 10.7 Å². The van der Waals surface area contributed by atoms with Crippen LogP contribution in [0.2, 0.25) is 0 Å². The van der Waals surface area contributed by atoms with Gasteiger partial charge >= 0.3 is 0 Å². The van der Waals surface area contributed by atoms with E-state index in [9.17, 15) is 0 Å². The van der Waals surface area contributed by atoms with Gasteiger partial charge in [-0.2, -0.15) is 0 Å². The van der Waals surface area contributed by atoms with Crippen molar-refractivity contribution in [3.63, 3.8) is 0 Å². The summed E-state index contributed by atoms with van der Waals surface area (Å²) in [5.74, 6) is 2.70. The van der Waals surface area contributed by atoms with Crippen molar-refractivity contribution >= 4 is 27.4 Å². The third-order valence-corrected chi connectivity index (χ3v) is 5.70. The molecule has 0 bridgehead atoms. The molecule has 0 amide bonds. The average Bonchev–Trinajstić information content (AvgIpc) is 3.02. The van der Waals surface area contributed by atoms with Gasteiger partial charge in [0.1, 0.15) is 5.75 Å². The van der Waals surface area contributed by atoms with Gasteiger partial charge in [0, 0.05) is 22.4 Å². The number of fused-ring (bicyclic) bond motifs is 5. The molecule has 0 spiro atoms. The molecule has 0 saturated heterocycles. The Bertz CT molecular complexity index is 1300. The van der Waals surface area contributed by atoms with Crippen molar-refractivity contribution in [3.05, 3.63) is 65.7 Å². The van der Waals surface area contributed by atoms with Gasteiger partial charge in [0.15, 0.2) is 11.5 Å². The van der Waals surface area contributed by atoms with Crippen LogP contribution in [0.4, 0.5) is 0 Å². The zero-order chi connectivity index (χ0) is 20.3. The van der Waals surface area contributed by atoms with E-state index in [-0.39, 0.29) is 6.10 Å². The van der Waals surface area contributed by atoms with E-state index in [0.717, 1.165) is 39.5 Å². The lowest BCUT2D eigenvalue weighted by Crippen LogP contribution is -2.07. The number of para-hydroxylation sites is 2. The van der Waals surface area contributed by atoms with Gasteiger partial charge in [-0.3, -0.25) is 0 Å². The summed E-state index contributed by atoms with van der Waals surface area (Å²) in [7, 11) is 0. The smallest absolute Gasteiger partial charge is 0.159 e. The van der Waals surface area contributed by atoms with Gasteiger partial charge in [0.05, 0.1) is 22.8 Å². The molecule has 0 aliphatic carbocycles. The van der Waals surface area contributed by atoms with Crippen LogP contribution in [0.1, 0.15) is 40.2 Å². The van der Waals surface area contributed by atoms with E-state index in [1.54, 1.807) is 0 Å². The van der Waals surface area contributed by atoms with Gasteiger partial charge in [-0.05, 0) is 64.5 Å². The highest BCUT2D eigenvalue weighted by Crippen LogP contribution is 2.48. The van der Waals surface area contributed by atoms with Gasteiger partial charge in [-0.1, -0.05) is 29.8 Å². The summed E-state index contributed by atoms with van der Waals surface area (Å²) in [5.41, 5.74) is 7.00. The van der Waals surface area contributed by atoms with E-state index in [0.29, 0.717) is 0 Å². The van der Waals surface area contributed by atoms with Gasteiger partial charge in [0.2, 0.25) is 0 Å². The van der Waals surface area contributed by atoms with E-state index < -0.39 is 0 Å². The molecule has 0 fully saturated rings. The maximum Gasteiger partial charge on any atom is 0.159 e. The van der Waals surface area contributed by atoms with Crippen molar-refractivity contribution in [2.45, 2.75) is 40.7 Å². The van der Waals surface area contributed by atoms with Crippen LogP contribution in [-0.2, 0) is 0 Å². The van der Waals surface area contributed by atoms with E-state index >= 15 is 0 Å². The standard InChI is InChI=1S/C26H25NO2/c1-15(2)17(5)19-8-6-10-22-26(19)29-24-11-7-9-21-20-13-12-18(28-16(3)4)14-23(20)27(22)25(21)24/h6-14,16H,1-5H3. The molecule has 0 unspecified atom stereocenters. The Morgan fingerprint density at radius 3 is 2.48 bits per heavy atom. The first-order valence-electron chi connectivity index (χ1n) is 10.1. The quantitative estimate of drug-likeness (QED) is 0.322. The fourth-order valence-corrected chi connectivity index (χ4v) is 4.18. The summed E-state index contributed by atoms with van der Waals surface area (Å²) in [6.45, 7) is 10.6. The Morgan fingerprint density at radius 2 is 1.72 bits per heavy atom. The van der Waals surface area contributed by atoms with Crippen LogP contribution in [0.25, 0.3) is 33.1 Å². The minimum absolute atomic E-state index is 0.135. The Balaban J connectivity index is 1.89. The first kappa shape index (κ1) is 17.9. The lowest BCUT2D eigenvalue weighted by Gasteiger charge is -2.24. The Kier molecular flexibility index (Phi) is 3.95. The highest BCUT2D eigenvalue weighted by Gasteiger charge is 2.26. The molecule has 3 nitrogen and oxygen atoms in total. The van der Waals surface area contributed by atoms with Crippen LogP contribution >= 0.6 is 0 Å². The maximum atomic E-state index is 6.49. The zero-order valence-corrected chi connectivity index (χ0v) is 17.5. The third-order valence-electron chi connectivity index (χ3n) is 5.70. The Hall–Kier alpha value is -3.20. The molecule has 1 aliphatic rings. The largest absolute Gasteiger partial charge is 0.491 e. The molecule has 5 rings (SSSR count). The number of rotatable bonds is 3. The highest BCUT2D eigenvalue weighted by atomic mass is 16.5. The minimum atomic E-state index is 0.135. The molecule has 4 aromatic rings. The van der Waals surface area contributed by atoms with Crippen molar-refractivity contribution < 1.29 is 9.47 Å². The number of benzene rings is 3. The van der Waals surface area contributed by atoms with Crippen LogP contribution in [0.5, 0.6) is 17.2 Å². The summed E-state index contributed by atoms with van der Waals surface area (Å²) in [4.78, 5) is 0. The van der Waals surface area contributed by atoms with Crippen molar-refractivity contribution in [1.82, 2.24) is 4.57 Å². The summed E-state index contributed by atoms with van der Waals surface area (Å²) >= 11 is 0. The molecular weight excluding hydrogens is 358 g/mol. The molecule has 0 atom stereocenters. The Labute approximate surface area is 171 Å². The van der Waals surface area contributed by atoms with Crippen LogP contribution in [0.15, 0.2) is 60.2 Å². The van der Waals surface area contributed by atoms with Crippen LogP contribution in [0, 0.1) is 0 Å². The Morgan fingerprint density at radius 1 is 0.931 bits per heavy atom. The molecule has 0 saturated carbocycles. The van der Waals surface area contributed by atoms with Crippen molar-refractivity contribution in [2.24, 2.45) is 0 Å². The fourth-order valence-electron chi connectivity index (χ4n) is 4.18. The molecule has 0 radical (unpaired) electrons. The van der Waals surface area contributed by atoms with Crippen LogP contribution < -0.4 is 9.47 Å². The predicted molar refractivity (Wildman–Crippen MR) is 121 cm³/mol. The molecule has 2 heterocycles. The van der Waals surface area contributed by atoms with E-state index in [4.69, 9.17) is 9.47 Å². The number of hydrogen-bond acceptors (Lipinski definition) is 2. The normalized spacial score (nSPS) is 12.2. The molecule has 0 N–H and O–H groups in total. The van der Waals surface area contributed by atoms with Crippen molar-refractivity contribution in [2.75, 3.05) is 0 Å². The average molecular weight is 383 g/mol. The van der Waals surface area contributed by atoms with E-state index in [1.807, 2.05) is 0 Å². The molecular formula is C26H25NO2. The van der Waals surface area contributed by atoms with Crippen molar-refractivity contribution in [1.29, 1.82) is 0 Å². The number of ether oxygens (including phenoxy) is 2. The zero-order valence-electron chi connectivity index (χ0n) is 17.5. The number of allylic oxidation sites excluding steroid dienone is 2. The number of nitrogens with zero attached hydrogens (tertiary/aromatic N) is 1. The van der Waals surface area contributed by atoms with Crippen molar-refractivity contribution in [3.8, 4) is 22.9 Å². The van der Waals surface area contributed by atoms with Crippen LogP contribution in [0.3, 0.4) is 0 Å². The molecule has 3 heteroatoms. The second-order valence-electron chi connectivity index (χ2n) is 8.21. The SMILES string of the molecule is CC(C)=C(C)c1cccc2c1Oc1cccc3c4ccc(OC(C)C)cc4n-2c13. The maximum absolute atomic E-state index is 6.49. The first-order chi connectivity index (χ1) is 14.0. The lowest BCUT2D eigenvalue weighted by molar-refractivity contribution is 0.242.